The lowest BCUT2D eigenvalue weighted by atomic mass is 10.2. The maximum atomic E-state index is 10.8. The molecule has 0 heterocycles. The van der Waals surface area contributed by atoms with Gasteiger partial charge in [-0.05, 0) is 18.6 Å². The lowest BCUT2D eigenvalue weighted by Crippen LogP contribution is -2.02. The molecule has 0 saturated carbocycles. The summed E-state index contributed by atoms with van der Waals surface area (Å²) in [6.07, 6.45) is 7.22. The number of nitro groups is 1. The van der Waals surface area contributed by atoms with E-state index in [-0.39, 0.29) is 12.3 Å². The molecule has 0 radical (unpaired) electrons. The Bertz CT molecular complexity index is 547. The number of hydrogen-bond donors (Lipinski definition) is 0. The van der Waals surface area contributed by atoms with Gasteiger partial charge in [0.25, 0.3) is 5.69 Å². The maximum Gasteiger partial charge on any atom is 0.273 e. The highest BCUT2D eigenvalue weighted by molar-refractivity contribution is 5.48. The summed E-state index contributed by atoms with van der Waals surface area (Å²) < 4.78 is 10.7. The van der Waals surface area contributed by atoms with E-state index >= 15 is 0 Å². The Hall–Kier alpha value is -2.56. The summed E-state index contributed by atoms with van der Waals surface area (Å²) in [5.74, 6) is 0.787. The molecule has 0 aliphatic carbocycles. The Labute approximate surface area is 118 Å². The fourth-order valence-electron chi connectivity index (χ4n) is 1.57. The molecule has 0 aliphatic rings. The lowest BCUT2D eigenvalue weighted by Gasteiger charge is -2.10. The van der Waals surface area contributed by atoms with Gasteiger partial charge >= 0.3 is 0 Å². The van der Waals surface area contributed by atoms with E-state index in [1.807, 2.05) is 25.2 Å². The number of hydrogen-bond acceptors (Lipinski definition) is 4. The first kappa shape index (κ1) is 15.5. The zero-order valence-corrected chi connectivity index (χ0v) is 11.5. The Morgan fingerprint density at radius 2 is 2.20 bits per heavy atom. The largest absolute Gasteiger partial charge is 0.493 e. The van der Waals surface area contributed by atoms with Crippen LogP contribution in [0.25, 0.3) is 0 Å². The summed E-state index contributed by atoms with van der Waals surface area (Å²) in [6.45, 7) is 5.79. The van der Waals surface area contributed by atoms with Gasteiger partial charge in [0, 0.05) is 6.07 Å². The molecule has 0 spiro atoms. The number of nitrogens with zero attached hydrogens (tertiary/aromatic N) is 1. The van der Waals surface area contributed by atoms with Crippen LogP contribution in [0.4, 0.5) is 5.69 Å². The van der Waals surface area contributed by atoms with Crippen molar-refractivity contribution in [2.24, 2.45) is 0 Å². The zero-order valence-electron chi connectivity index (χ0n) is 11.5. The molecule has 0 aromatic heterocycles. The van der Waals surface area contributed by atoms with Gasteiger partial charge in [0.1, 0.15) is 6.61 Å². The van der Waals surface area contributed by atoms with Crippen LogP contribution in [-0.4, -0.2) is 18.6 Å². The average Bonchev–Trinajstić information content (AvgIpc) is 2.44. The summed E-state index contributed by atoms with van der Waals surface area (Å²) in [4.78, 5) is 10.3. The molecule has 0 saturated heterocycles. The van der Waals surface area contributed by atoms with Crippen molar-refractivity contribution < 1.29 is 14.4 Å². The molecule has 0 fully saturated rings. The van der Waals surface area contributed by atoms with Crippen molar-refractivity contribution in [2.45, 2.75) is 6.92 Å². The molecule has 20 heavy (non-hydrogen) atoms. The van der Waals surface area contributed by atoms with Crippen molar-refractivity contribution in [3.63, 3.8) is 0 Å². The van der Waals surface area contributed by atoms with Crippen molar-refractivity contribution in [3.8, 4) is 11.5 Å². The zero-order chi connectivity index (χ0) is 15.0. The minimum absolute atomic E-state index is 0.0407. The highest BCUT2D eigenvalue weighted by Gasteiger charge is 2.12. The van der Waals surface area contributed by atoms with Gasteiger partial charge in [0.15, 0.2) is 11.5 Å². The van der Waals surface area contributed by atoms with Gasteiger partial charge in [-0.25, -0.2) is 0 Å². The van der Waals surface area contributed by atoms with E-state index in [0.29, 0.717) is 11.5 Å². The minimum Gasteiger partial charge on any atom is -0.493 e. The monoisotopic (exact) mass is 275 g/mol. The first-order valence-electron chi connectivity index (χ1n) is 6.02. The summed E-state index contributed by atoms with van der Waals surface area (Å²) in [5, 5.41) is 10.8. The van der Waals surface area contributed by atoms with E-state index in [0.717, 1.165) is 5.57 Å². The fourth-order valence-corrected chi connectivity index (χ4v) is 1.57. The second-order valence-corrected chi connectivity index (χ2v) is 3.86. The topological polar surface area (TPSA) is 61.6 Å². The van der Waals surface area contributed by atoms with E-state index in [1.165, 1.54) is 25.3 Å². The van der Waals surface area contributed by atoms with Crippen LogP contribution in [0.2, 0.25) is 0 Å². The van der Waals surface area contributed by atoms with Crippen LogP contribution < -0.4 is 9.47 Å². The normalized spacial score (nSPS) is 11.4. The Morgan fingerprint density at radius 1 is 1.45 bits per heavy atom. The number of methoxy groups -OCH3 is 1. The summed E-state index contributed by atoms with van der Waals surface area (Å²) in [6, 6.07) is 4.23. The number of nitro benzene ring substituents is 1. The van der Waals surface area contributed by atoms with Crippen LogP contribution in [0.1, 0.15) is 6.92 Å². The van der Waals surface area contributed by atoms with Crippen molar-refractivity contribution in [1.29, 1.82) is 0 Å². The number of ether oxygens (including phenoxy) is 2. The van der Waals surface area contributed by atoms with Crippen LogP contribution in [0.3, 0.4) is 0 Å². The molecule has 0 N–H and O–H groups in total. The molecule has 0 aliphatic heterocycles. The van der Waals surface area contributed by atoms with Gasteiger partial charge in [0.05, 0.1) is 18.1 Å². The van der Waals surface area contributed by atoms with Crippen LogP contribution in [0, 0.1) is 10.1 Å². The first-order chi connectivity index (χ1) is 9.62. The van der Waals surface area contributed by atoms with E-state index in [2.05, 4.69) is 6.58 Å². The van der Waals surface area contributed by atoms with Crippen LogP contribution >= 0.6 is 0 Å². The van der Waals surface area contributed by atoms with Crippen LogP contribution in [-0.2, 0) is 0 Å². The second kappa shape index (κ2) is 7.78. The number of rotatable bonds is 7. The molecular formula is C15H17NO4. The van der Waals surface area contributed by atoms with Gasteiger partial charge < -0.3 is 9.47 Å². The number of benzene rings is 1. The quantitative estimate of drug-likeness (QED) is 0.432. The third kappa shape index (κ3) is 4.28. The number of non-ortho nitro benzene ring substituents is 1. The SMILES string of the molecule is C=C/C=C(\C=C/C)COc1cc([N+](=O)[O-])ccc1OC. The first-order valence-corrected chi connectivity index (χ1v) is 6.02. The summed E-state index contributed by atoms with van der Waals surface area (Å²) in [5.41, 5.74) is 0.858. The molecule has 0 bridgehead atoms. The molecular weight excluding hydrogens is 258 g/mol. The molecule has 5 heteroatoms. The third-order valence-electron chi connectivity index (χ3n) is 2.47. The number of allylic oxidation sites excluding steroid dienone is 3. The van der Waals surface area contributed by atoms with Crippen molar-refractivity contribution in [3.05, 3.63) is 64.8 Å². The molecule has 106 valence electrons. The minimum atomic E-state index is -0.473. The van der Waals surface area contributed by atoms with Crippen molar-refractivity contribution in [2.75, 3.05) is 13.7 Å². The molecule has 1 rings (SSSR count). The van der Waals surface area contributed by atoms with Gasteiger partial charge in [-0.2, -0.15) is 0 Å². The summed E-state index contributed by atoms with van der Waals surface area (Å²) in [7, 11) is 1.49. The molecule has 1 aromatic rings. The molecule has 0 unspecified atom stereocenters. The smallest absolute Gasteiger partial charge is 0.273 e. The second-order valence-electron chi connectivity index (χ2n) is 3.86. The average molecular weight is 275 g/mol. The van der Waals surface area contributed by atoms with Crippen molar-refractivity contribution in [1.82, 2.24) is 0 Å². The van der Waals surface area contributed by atoms with E-state index in [4.69, 9.17) is 9.47 Å². The van der Waals surface area contributed by atoms with Gasteiger partial charge in [-0.1, -0.05) is 30.9 Å². The third-order valence-corrected chi connectivity index (χ3v) is 2.47. The Balaban J connectivity index is 2.95. The van der Waals surface area contributed by atoms with Gasteiger partial charge in [0.2, 0.25) is 0 Å². The molecule has 5 nitrogen and oxygen atoms in total. The van der Waals surface area contributed by atoms with E-state index < -0.39 is 4.92 Å². The lowest BCUT2D eigenvalue weighted by molar-refractivity contribution is -0.385. The molecule has 0 atom stereocenters. The Kier molecular flexibility index (Phi) is 6.03. The van der Waals surface area contributed by atoms with Gasteiger partial charge in [-0.15, -0.1) is 0 Å². The van der Waals surface area contributed by atoms with E-state index in [9.17, 15) is 10.1 Å². The standard InChI is InChI=1S/C15H17NO4/c1-4-6-12(7-5-2)11-20-15-10-13(16(17)18)8-9-14(15)19-3/h4-10H,1,11H2,2-3H3/b7-5-,12-6+. The van der Waals surface area contributed by atoms with E-state index in [1.54, 1.807) is 6.08 Å². The Morgan fingerprint density at radius 3 is 2.75 bits per heavy atom. The van der Waals surface area contributed by atoms with Crippen molar-refractivity contribution >= 4 is 5.69 Å². The predicted octanol–water partition coefficient (Wildman–Crippen LogP) is 3.67. The highest BCUT2D eigenvalue weighted by atomic mass is 16.6. The fraction of sp³-hybridized carbons (Fsp3) is 0.200. The molecule has 0 amide bonds. The van der Waals surface area contributed by atoms with Crippen LogP contribution in [0.15, 0.2) is 54.7 Å². The predicted molar refractivity (Wildman–Crippen MR) is 78.2 cm³/mol. The highest BCUT2D eigenvalue weighted by Crippen LogP contribution is 2.31. The van der Waals surface area contributed by atoms with Crippen LogP contribution in [0.5, 0.6) is 11.5 Å². The molecule has 1 aromatic carbocycles. The van der Waals surface area contributed by atoms with Gasteiger partial charge in [-0.3, -0.25) is 10.1 Å². The summed E-state index contributed by atoms with van der Waals surface area (Å²) >= 11 is 0. The maximum absolute atomic E-state index is 10.8.